The van der Waals surface area contributed by atoms with E-state index in [2.05, 4.69) is 52.6 Å². The predicted octanol–water partition coefficient (Wildman–Crippen LogP) is 2.33. The minimum absolute atomic E-state index is 0.0527. The molecule has 0 fully saturated rings. The molecular formula is C23H28N6O2. The minimum Gasteiger partial charge on any atom is -0.384 e. The highest BCUT2D eigenvalue weighted by molar-refractivity contribution is 5.46. The second-order valence-corrected chi connectivity index (χ2v) is 7.59. The number of nitrogens with one attached hydrogen (secondary N) is 2. The van der Waals surface area contributed by atoms with Crippen molar-refractivity contribution in [2.45, 2.75) is 46.3 Å². The van der Waals surface area contributed by atoms with Crippen molar-refractivity contribution in [3.05, 3.63) is 81.2 Å². The van der Waals surface area contributed by atoms with Crippen LogP contribution < -0.4 is 21.9 Å². The fraction of sp³-hybridized carbons (Fsp3) is 0.304. The van der Waals surface area contributed by atoms with Gasteiger partial charge in [-0.15, -0.1) is 0 Å². The molecule has 1 aromatic carbocycles. The van der Waals surface area contributed by atoms with Crippen molar-refractivity contribution < 1.29 is 4.79 Å². The first kappa shape index (κ1) is 22.0. The molecule has 31 heavy (non-hydrogen) atoms. The van der Waals surface area contributed by atoms with E-state index in [9.17, 15) is 9.59 Å². The number of hydrogen-bond acceptors (Lipinski definition) is 6. The third kappa shape index (κ3) is 6.15. The van der Waals surface area contributed by atoms with Crippen LogP contribution in [0.4, 0.5) is 11.5 Å². The lowest BCUT2D eigenvalue weighted by Crippen LogP contribution is -2.24. The maximum atomic E-state index is 12.3. The number of fused-ring (bicyclic) bond motifs is 1. The van der Waals surface area contributed by atoms with Gasteiger partial charge in [0.1, 0.15) is 17.3 Å². The molecule has 3 aromatic rings. The lowest BCUT2D eigenvalue weighted by atomic mass is 10.1. The largest absolute Gasteiger partial charge is 0.384 e. The number of nitrogens with two attached hydrogens (primary N) is 1. The fourth-order valence-electron chi connectivity index (χ4n) is 3.54. The average molecular weight is 421 g/mol. The molecule has 0 aliphatic carbocycles. The van der Waals surface area contributed by atoms with Crippen LogP contribution in [0, 0.1) is 13.8 Å². The van der Waals surface area contributed by atoms with E-state index in [4.69, 9.17) is 5.73 Å². The van der Waals surface area contributed by atoms with Gasteiger partial charge in [-0.05, 0) is 37.5 Å². The summed E-state index contributed by atoms with van der Waals surface area (Å²) in [6.07, 6.45) is 5.87. The van der Waals surface area contributed by atoms with E-state index in [-0.39, 0.29) is 5.56 Å². The SMILES string of the molecule is Cc1cc(C)cc(CNc2cnc3n(c2=O)CCC3)c1.Nc1ccc(CNC=O)cn1. The Hall–Kier alpha value is -3.68. The summed E-state index contributed by atoms with van der Waals surface area (Å²) in [4.78, 5) is 30.4. The number of aromatic nitrogens is 3. The van der Waals surface area contributed by atoms with Crippen LogP contribution in [-0.2, 0) is 30.8 Å². The highest BCUT2D eigenvalue weighted by Gasteiger charge is 2.15. The molecule has 1 aliphatic heterocycles. The Kier molecular flexibility index (Phi) is 7.37. The number of amides is 1. The summed E-state index contributed by atoms with van der Waals surface area (Å²) in [7, 11) is 0. The molecule has 3 heterocycles. The minimum atomic E-state index is 0.0527. The third-order valence-corrected chi connectivity index (χ3v) is 4.91. The first-order valence-electron chi connectivity index (χ1n) is 10.2. The topological polar surface area (TPSA) is 115 Å². The number of nitrogens with zero attached hydrogens (tertiary/aromatic N) is 3. The monoisotopic (exact) mass is 420 g/mol. The normalized spacial score (nSPS) is 11.8. The van der Waals surface area contributed by atoms with Gasteiger partial charge in [0.2, 0.25) is 6.41 Å². The summed E-state index contributed by atoms with van der Waals surface area (Å²) in [6.45, 7) is 6.11. The van der Waals surface area contributed by atoms with Crippen molar-refractivity contribution in [3.8, 4) is 0 Å². The molecule has 4 rings (SSSR count). The van der Waals surface area contributed by atoms with Crippen molar-refractivity contribution in [1.82, 2.24) is 19.9 Å². The van der Waals surface area contributed by atoms with Crippen LogP contribution in [0.3, 0.4) is 0 Å². The number of carbonyl (C=O) groups is 1. The van der Waals surface area contributed by atoms with Gasteiger partial charge in [0.15, 0.2) is 0 Å². The number of nitrogen functional groups attached to an aromatic ring is 1. The van der Waals surface area contributed by atoms with E-state index in [1.165, 1.54) is 16.7 Å². The zero-order valence-corrected chi connectivity index (χ0v) is 17.9. The van der Waals surface area contributed by atoms with Crippen LogP contribution in [0.1, 0.15) is 34.5 Å². The molecule has 0 bridgehead atoms. The van der Waals surface area contributed by atoms with Gasteiger partial charge in [-0.3, -0.25) is 14.2 Å². The van der Waals surface area contributed by atoms with Gasteiger partial charge in [0.05, 0.1) is 6.20 Å². The van der Waals surface area contributed by atoms with Crippen molar-refractivity contribution in [3.63, 3.8) is 0 Å². The Morgan fingerprint density at radius 3 is 2.52 bits per heavy atom. The van der Waals surface area contributed by atoms with Crippen molar-refractivity contribution >= 4 is 17.9 Å². The predicted molar refractivity (Wildman–Crippen MR) is 122 cm³/mol. The zero-order valence-electron chi connectivity index (χ0n) is 17.9. The first-order chi connectivity index (χ1) is 15.0. The Labute approximate surface area is 181 Å². The summed E-state index contributed by atoms with van der Waals surface area (Å²) < 4.78 is 1.78. The van der Waals surface area contributed by atoms with E-state index in [1.807, 2.05) is 6.07 Å². The number of carbonyl (C=O) groups excluding carboxylic acids is 1. The molecule has 8 heteroatoms. The second kappa shape index (κ2) is 10.4. The highest BCUT2D eigenvalue weighted by Crippen LogP contribution is 2.13. The summed E-state index contributed by atoms with van der Waals surface area (Å²) >= 11 is 0. The highest BCUT2D eigenvalue weighted by atomic mass is 16.1. The molecule has 8 nitrogen and oxygen atoms in total. The van der Waals surface area contributed by atoms with Gasteiger partial charge in [-0.25, -0.2) is 9.97 Å². The van der Waals surface area contributed by atoms with Gasteiger partial charge in [0, 0.05) is 32.3 Å². The van der Waals surface area contributed by atoms with E-state index in [1.54, 1.807) is 23.0 Å². The lowest BCUT2D eigenvalue weighted by Gasteiger charge is -2.09. The number of benzene rings is 1. The number of pyridine rings is 1. The van der Waals surface area contributed by atoms with Crippen LogP contribution in [-0.4, -0.2) is 20.9 Å². The maximum Gasteiger partial charge on any atom is 0.276 e. The van der Waals surface area contributed by atoms with Gasteiger partial charge in [0.25, 0.3) is 5.56 Å². The first-order valence-corrected chi connectivity index (χ1v) is 10.2. The third-order valence-electron chi connectivity index (χ3n) is 4.91. The molecule has 0 atom stereocenters. The van der Waals surface area contributed by atoms with Gasteiger partial charge in [-0.1, -0.05) is 35.4 Å². The molecule has 2 aromatic heterocycles. The fourth-order valence-corrected chi connectivity index (χ4v) is 3.54. The molecule has 0 spiro atoms. The maximum absolute atomic E-state index is 12.3. The number of anilines is 2. The van der Waals surface area contributed by atoms with Gasteiger partial charge >= 0.3 is 0 Å². The van der Waals surface area contributed by atoms with Crippen LogP contribution >= 0.6 is 0 Å². The van der Waals surface area contributed by atoms with Crippen molar-refractivity contribution in [2.75, 3.05) is 11.1 Å². The van der Waals surface area contributed by atoms with Crippen molar-refractivity contribution in [2.24, 2.45) is 0 Å². The Morgan fingerprint density at radius 1 is 1.06 bits per heavy atom. The van der Waals surface area contributed by atoms with Gasteiger partial charge < -0.3 is 16.4 Å². The number of rotatable bonds is 6. The average Bonchev–Trinajstić information content (AvgIpc) is 3.22. The van der Waals surface area contributed by atoms with E-state index >= 15 is 0 Å². The molecule has 0 saturated heterocycles. The Morgan fingerprint density at radius 2 is 1.84 bits per heavy atom. The zero-order chi connectivity index (χ0) is 22.2. The van der Waals surface area contributed by atoms with Crippen LogP contribution in [0.15, 0.2) is 47.5 Å². The molecule has 0 saturated carbocycles. The molecule has 0 radical (unpaired) electrons. The van der Waals surface area contributed by atoms with E-state index < -0.39 is 0 Å². The van der Waals surface area contributed by atoms with Gasteiger partial charge in [-0.2, -0.15) is 0 Å². The molecule has 0 unspecified atom stereocenters. The second-order valence-electron chi connectivity index (χ2n) is 7.59. The standard InChI is InChI=1S/C16H19N3O.C7H9N3O/c1-11-6-12(2)8-13(7-11)9-17-14-10-18-15-4-3-5-19(15)16(14)20;8-7-2-1-6(4-10-7)3-9-5-11/h6-8,10,17H,3-5,9H2,1-2H3;1-2,4-5H,3H2,(H2,8,10)(H,9,11). The summed E-state index contributed by atoms with van der Waals surface area (Å²) in [5, 5.41) is 5.74. The number of hydrogen-bond donors (Lipinski definition) is 3. The Balaban J connectivity index is 0.000000210. The summed E-state index contributed by atoms with van der Waals surface area (Å²) in [5.74, 6) is 1.40. The molecular weight excluding hydrogens is 392 g/mol. The molecule has 1 aliphatic rings. The summed E-state index contributed by atoms with van der Waals surface area (Å²) in [6, 6.07) is 9.94. The summed E-state index contributed by atoms with van der Waals surface area (Å²) in [5.41, 5.74) is 10.6. The molecule has 1 amide bonds. The van der Waals surface area contributed by atoms with Crippen molar-refractivity contribution in [1.29, 1.82) is 0 Å². The smallest absolute Gasteiger partial charge is 0.276 e. The molecule has 4 N–H and O–H groups in total. The quantitative estimate of drug-likeness (QED) is 0.527. The van der Waals surface area contributed by atoms with E-state index in [0.717, 1.165) is 30.8 Å². The Bertz CT molecular complexity index is 1070. The lowest BCUT2D eigenvalue weighted by molar-refractivity contribution is -0.109. The van der Waals surface area contributed by atoms with E-state index in [0.29, 0.717) is 31.0 Å². The van der Waals surface area contributed by atoms with Crippen LogP contribution in [0.2, 0.25) is 0 Å². The van der Waals surface area contributed by atoms with Crippen LogP contribution in [0.5, 0.6) is 0 Å². The van der Waals surface area contributed by atoms with Crippen LogP contribution in [0.25, 0.3) is 0 Å². The number of aryl methyl sites for hydroxylation is 3. The molecule has 162 valence electrons.